The number of thiophene rings is 1. The Hall–Kier alpha value is -1.51. The first kappa shape index (κ1) is 23.8. The molecule has 1 fully saturated rings. The number of aliphatic imine (C=N–C) groups is 1. The molecule has 0 bridgehead atoms. The van der Waals surface area contributed by atoms with Gasteiger partial charge < -0.3 is 25.4 Å². The van der Waals surface area contributed by atoms with Crippen LogP contribution >= 0.6 is 22.9 Å². The SMILES string of the molecule is CCNC(=NCC(O)c1ccc(Cl)s1)NCC1CCCN(C(=O)OC(C)(C)C)C1. The minimum atomic E-state index is -0.680. The summed E-state index contributed by atoms with van der Waals surface area (Å²) < 4.78 is 6.15. The molecule has 7 nitrogen and oxygen atoms in total. The standard InChI is InChI=1S/C20H33ClN4O3S/c1-5-22-18(24-12-15(26)16-8-9-17(21)29-16)23-11-14-7-6-10-25(13-14)19(27)28-20(2,3)4/h8-9,14-15,26H,5-7,10-13H2,1-4H3,(H2,22,23,24). The number of hydrogen-bond donors (Lipinski definition) is 3. The van der Waals surface area contributed by atoms with E-state index in [0.717, 1.165) is 30.8 Å². The number of guanidine groups is 1. The Kier molecular flexibility index (Phi) is 9.04. The van der Waals surface area contributed by atoms with Crippen molar-refractivity contribution in [3.63, 3.8) is 0 Å². The number of aliphatic hydroxyl groups excluding tert-OH is 1. The molecule has 0 spiro atoms. The van der Waals surface area contributed by atoms with Gasteiger partial charge in [0.2, 0.25) is 0 Å². The number of piperidine rings is 1. The molecule has 2 atom stereocenters. The molecule has 3 N–H and O–H groups in total. The van der Waals surface area contributed by atoms with E-state index in [0.29, 0.717) is 29.3 Å². The third-order valence-electron chi connectivity index (χ3n) is 4.42. The number of carbonyl (C=O) groups excluding carboxylic acids is 1. The maximum Gasteiger partial charge on any atom is 0.410 e. The van der Waals surface area contributed by atoms with Crippen molar-refractivity contribution >= 4 is 35.0 Å². The summed E-state index contributed by atoms with van der Waals surface area (Å²) in [6.07, 6.45) is 1.07. The molecule has 1 saturated heterocycles. The summed E-state index contributed by atoms with van der Waals surface area (Å²) in [5.74, 6) is 0.977. The second-order valence-corrected chi connectivity index (χ2v) is 9.94. The molecule has 164 valence electrons. The van der Waals surface area contributed by atoms with E-state index in [4.69, 9.17) is 16.3 Å². The van der Waals surface area contributed by atoms with Gasteiger partial charge in [-0.3, -0.25) is 4.99 Å². The molecule has 0 saturated carbocycles. The average Bonchev–Trinajstić information content (AvgIpc) is 3.09. The summed E-state index contributed by atoms with van der Waals surface area (Å²) in [5, 5.41) is 16.8. The van der Waals surface area contributed by atoms with E-state index >= 15 is 0 Å². The number of halogens is 1. The van der Waals surface area contributed by atoms with Crippen molar-refractivity contribution in [2.24, 2.45) is 10.9 Å². The fourth-order valence-electron chi connectivity index (χ4n) is 3.08. The van der Waals surface area contributed by atoms with Crippen molar-refractivity contribution in [1.29, 1.82) is 0 Å². The topological polar surface area (TPSA) is 86.2 Å². The van der Waals surface area contributed by atoms with Crippen LogP contribution in [0.25, 0.3) is 0 Å². The van der Waals surface area contributed by atoms with Gasteiger partial charge in [0, 0.05) is 31.1 Å². The van der Waals surface area contributed by atoms with Gasteiger partial charge in [0.05, 0.1) is 10.9 Å². The summed E-state index contributed by atoms with van der Waals surface area (Å²) >= 11 is 7.29. The molecule has 2 rings (SSSR count). The Bertz CT molecular complexity index is 690. The van der Waals surface area contributed by atoms with Crippen LogP contribution in [0.1, 0.15) is 51.5 Å². The molecule has 0 radical (unpaired) electrons. The van der Waals surface area contributed by atoms with E-state index < -0.39 is 11.7 Å². The van der Waals surface area contributed by atoms with Gasteiger partial charge >= 0.3 is 6.09 Å². The lowest BCUT2D eigenvalue weighted by atomic mass is 9.98. The lowest BCUT2D eigenvalue weighted by Crippen LogP contribution is -2.47. The van der Waals surface area contributed by atoms with Gasteiger partial charge in [-0.1, -0.05) is 11.6 Å². The second kappa shape index (κ2) is 11.0. The van der Waals surface area contributed by atoms with E-state index in [9.17, 15) is 9.90 Å². The molecule has 29 heavy (non-hydrogen) atoms. The molecule has 1 amide bonds. The predicted octanol–water partition coefficient (Wildman–Crippen LogP) is 3.64. The van der Waals surface area contributed by atoms with Gasteiger partial charge in [-0.25, -0.2) is 4.79 Å². The highest BCUT2D eigenvalue weighted by Crippen LogP contribution is 2.27. The highest BCUT2D eigenvalue weighted by atomic mass is 35.5. The first-order valence-corrected chi connectivity index (χ1v) is 11.3. The normalized spacial score (nSPS) is 19.0. The van der Waals surface area contributed by atoms with Crippen LogP contribution < -0.4 is 10.6 Å². The molecule has 9 heteroatoms. The Morgan fingerprint density at radius 2 is 2.21 bits per heavy atom. The highest BCUT2D eigenvalue weighted by Gasteiger charge is 2.27. The Labute approximate surface area is 182 Å². The van der Waals surface area contributed by atoms with E-state index in [1.807, 2.05) is 33.8 Å². The number of likely N-dealkylation sites (tertiary alicyclic amines) is 1. The number of aliphatic hydroxyl groups is 1. The number of carbonyl (C=O) groups is 1. The summed E-state index contributed by atoms with van der Waals surface area (Å²) in [6, 6.07) is 3.60. The van der Waals surface area contributed by atoms with Gasteiger partial charge in [0.25, 0.3) is 0 Å². The van der Waals surface area contributed by atoms with Gasteiger partial charge in [-0.05, 0) is 58.6 Å². The fraction of sp³-hybridized carbons (Fsp3) is 0.700. The number of nitrogens with zero attached hydrogens (tertiary/aromatic N) is 2. The van der Waals surface area contributed by atoms with Crippen LogP contribution in [0.4, 0.5) is 4.79 Å². The summed E-state index contributed by atoms with van der Waals surface area (Å²) in [4.78, 5) is 19.4. The molecular formula is C20H33ClN4O3S. The van der Waals surface area contributed by atoms with E-state index in [2.05, 4.69) is 15.6 Å². The van der Waals surface area contributed by atoms with Gasteiger partial charge in [-0.2, -0.15) is 0 Å². The number of rotatable bonds is 6. The minimum Gasteiger partial charge on any atom is -0.444 e. The Morgan fingerprint density at radius 3 is 2.83 bits per heavy atom. The largest absolute Gasteiger partial charge is 0.444 e. The second-order valence-electron chi connectivity index (χ2n) is 8.19. The lowest BCUT2D eigenvalue weighted by molar-refractivity contribution is 0.0168. The molecular weight excluding hydrogens is 412 g/mol. The molecule has 2 unspecified atom stereocenters. The Morgan fingerprint density at radius 1 is 1.45 bits per heavy atom. The summed E-state index contributed by atoms with van der Waals surface area (Å²) in [7, 11) is 0. The lowest BCUT2D eigenvalue weighted by Gasteiger charge is -2.34. The quantitative estimate of drug-likeness (QED) is 0.460. The number of amides is 1. The van der Waals surface area contributed by atoms with Crippen molar-refractivity contribution in [3.05, 3.63) is 21.3 Å². The van der Waals surface area contributed by atoms with Crippen LogP contribution in [-0.4, -0.2) is 60.4 Å². The smallest absolute Gasteiger partial charge is 0.410 e. The molecule has 2 heterocycles. The van der Waals surface area contributed by atoms with Crippen LogP contribution in [0, 0.1) is 5.92 Å². The van der Waals surface area contributed by atoms with Crippen LogP contribution in [0.5, 0.6) is 0 Å². The zero-order valence-electron chi connectivity index (χ0n) is 17.7. The summed E-state index contributed by atoms with van der Waals surface area (Å²) in [5.41, 5.74) is -0.485. The first-order chi connectivity index (χ1) is 13.7. The van der Waals surface area contributed by atoms with Crippen molar-refractivity contribution in [1.82, 2.24) is 15.5 Å². The van der Waals surface area contributed by atoms with Crippen LogP contribution in [0.2, 0.25) is 4.34 Å². The zero-order chi connectivity index (χ0) is 21.4. The molecule has 0 aliphatic carbocycles. The number of ether oxygens (including phenoxy) is 1. The molecule has 1 aliphatic rings. The van der Waals surface area contributed by atoms with E-state index in [1.54, 1.807) is 11.0 Å². The van der Waals surface area contributed by atoms with Gasteiger partial charge in [0.1, 0.15) is 11.7 Å². The van der Waals surface area contributed by atoms with Crippen molar-refractivity contribution < 1.29 is 14.6 Å². The van der Waals surface area contributed by atoms with Gasteiger partial charge in [0.15, 0.2) is 5.96 Å². The van der Waals surface area contributed by atoms with Crippen molar-refractivity contribution in [2.75, 3.05) is 32.7 Å². The first-order valence-electron chi connectivity index (χ1n) is 10.1. The number of hydrogen-bond acceptors (Lipinski definition) is 5. The average molecular weight is 445 g/mol. The fourth-order valence-corrected chi connectivity index (χ4v) is 4.12. The Balaban J connectivity index is 1.86. The van der Waals surface area contributed by atoms with E-state index in [1.165, 1.54) is 11.3 Å². The highest BCUT2D eigenvalue weighted by molar-refractivity contribution is 7.16. The number of nitrogens with one attached hydrogen (secondary N) is 2. The van der Waals surface area contributed by atoms with Crippen LogP contribution in [0.15, 0.2) is 17.1 Å². The van der Waals surface area contributed by atoms with Gasteiger partial charge in [-0.15, -0.1) is 11.3 Å². The third-order valence-corrected chi connectivity index (χ3v) is 5.75. The third kappa shape index (κ3) is 8.40. The predicted molar refractivity (Wildman–Crippen MR) is 119 cm³/mol. The zero-order valence-corrected chi connectivity index (χ0v) is 19.3. The molecule has 1 aromatic rings. The van der Waals surface area contributed by atoms with Crippen LogP contribution in [-0.2, 0) is 4.74 Å². The molecule has 0 aromatic carbocycles. The maximum absolute atomic E-state index is 12.3. The monoisotopic (exact) mass is 444 g/mol. The maximum atomic E-state index is 12.3. The van der Waals surface area contributed by atoms with Crippen molar-refractivity contribution in [2.45, 2.75) is 52.2 Å². The van der Waals surface area contributed by atoms with E-state index in [-0.39, 0.29) is 12.6 Å². The minimum absolute atomic E-state index is 0.250. The molecule has 1 aromatic heterocycles. The van der Waals surface area contributed by atoms with Crippen molar-refractivity contribution in [3.8, 4) is 0 Å². The summed E-state index contributed by atoms with van der Waals surface area (Å²) in [6.45, 7) is 10.7. The van der Waals surface area contributed by atoms with Crippen LogP contribution in [0.3, 0.4) is 0 Å². The molecule has 1 aliphatic heterocycles.